The van der Waals surface area contributed by atoms with Gasteiger partial charge in [0.15, 0.2) is 18.0 Å². The first-order valence-corrected chi connectivity index (χ1v) is 14.8. The number of methoxy groups -OCH3 is 1. The lowest BCUT2D eigenvalue weighted by atomic mass is 9.89. The van der Waals surface area contributed by atoms with Crippen LogP contribution in [-0.4, -0.2) is 111 Å². The van der Waals surface area contributed by atoms with Crippen molar-refractivity contribution in [1.29, 1.82) is 0 Å². The van der Waals surface area contributed by atoms with Crippen LogP contribution in [0.5, 0.6) is 11.5 Å². The highest BCUT2D eigenvalue weighted by Gasteiger charge is 2.52. The lowest BCUT2D eigenvalue weighted by Gasteiger charge is -2.48. The summed E-state index contributed by atoms with van der Waals surface area (Å²) in [5.41, 5.74) is -1.93. The zero-order valence-electron chi connectivity index (χ0n) is 25.1. The highest BCUT2D eigenvalue weighted by Crippen LogP contribution is 2.38. The average Bonchev–Trinajstić information content (AvgIpc) is 2.98. The molecule has 3 aliphatic rings. The second kappa shape index (κ2) is 13.5. The summed E-state index contributed by atoms with van der Waals surface area (Å²) >= 11 is 0. The maximum Gasteiger partial charge on any atom is 0.353 e. The van der Waals surface area contributed by atoms with Crippen molar-refractivity contribution in [1.82, 2.24) is 10.2 Å². The number of morpholine rings is 1. The Bertz CT molecular complexity index is 1330. The molecular weight excluding hydrogens is 564 g/mol. The number of aryl methyl sites for hydroxylation is 1. The standard InChI is InChI=1S/C30H42N2O11/c1-17-19(40-29-25(41-20-7-5-6-14-39-20)23(34)26(37-4)30(2,3)43-29)9-8-18-22(33)21(28(36)42-24(17)18)27(35)31-10-11-32-12-15-38-16-13-32/h8-9,20,23,25-26,29,33-34H,5-7,10-16H2,1-4H3,(H,31,35)/t20?,23-,25+,26+,29+/m0/s1. The Balaban J connectivity index is 1.37. The summed E-state index contributed by atoms with van der Waals surface area (Å²) < 4.78 is 40.9. The van der Waals surface area contributed by atoms with E-state index >= 15 is 0 Å². The largest absolute Gasteiger partial charge is 0.506 e. The molecule has 13 heteroatoms. The monoisotopic (exact) mass is 606 g/mol. The molecule has 5 atom stereocenters. The zero-order chi connectivity index (χ0) is 30.7. The fraction of sp³-hybridized carbons (Fsp3) is 0.667. The van der Waals surface area contributed by atoms with Gasteiger partial charge in [-0.25, -0.2) is 4.79 Å². The minimum absolute atomic E-state index is 0.0586. The lowest BCUT2D eigenvalue weighted by molar-refractivity contribution is -0.339. The van der Waals surface area contributed by atoms with Gasteiger partial charge in [0, 0.05) is 45.5 Å². The highest BCUT2D eigenvalue weighted by molar-refractivity contribution is 6.02. The number of amides is 1. The molecule has 3 aliphatic heterocycles. The number of benzene rings is 1. The summed E-state index contributed by atoms with van der Waals surface area (Å²) in [6, 6.07) is 3.08. The van der Waals surface area contributed by atoms with Crippen molar-refractivity contribution in [3.05, 3.63) is 33.7 Å². The van der Waals surface area contributed by atoms with Gasteiger partial charge >= 0.3 is 5.63 Å². The third-order valence-electron chi connectivity index (χ3n) is 8.26. The summed E-state index contributed by atoms with van der Waals surface area (Å²) in [5, 5.41) is 25.1. The molecule has 1 aromatic heterocycles. The van der Waals surface area contributed by atoms with Gasteiger partial charge in [0.25, 0.3) is 5.91 Å². The minimum atomic E-state index is -1.10. The van der Waals surface area contributed by atoms with Crippen molar-refractivity contribution >= 4 is 16.9 Å². The van der Waals surface area contributed by atoms with Crippen LogP contribution in [0.1, 0.15) is 49.0 Å². The molecule has 0 saturated carbocycles. The molecule has 5 rings (SSSR count). The van der Waals surface area contributed by atoms with Gasteiger partial charge in [0.2, 0.25) is 6.29 Å². The summed E-state index contributed by atoms with van der Waals surface area (Å²) in [6.45, 7) is 9.46. The van der Waals surface area contributed by atoms with E-state index < -0.39 is 59.3 Å². The van der Waals surface area contributed by atoms with Gasteiger partial charge in [-0.15, -0.1) is 0 Å². The number of carbonyl (C=O) groups is 1. The van der Waals surface area contributed by atoms with E-state index in [-0.39, 0.29) is 16.7 Å². The first-order valence-electron chi connectivity index (χ1n) is 14.8. The number of nitrogens with zero attached hydrogens (tertiary/aromatic N) is 1. The number of aromatic hydroxyl groups is 1. The number of aliphatic hydroxyl groups is 1. The quantitative estimate of drug-likeness (QED) is 0.355. The third kappa shape index (κ3) is 6.83. The van der Waals surface area contributed by atoms with Crippen LogP contribution in [0.2, 0.25) is 0 Å². The number of hydrogen-bond acceptors (Lipinski definition) is 12. The minimum Gasteiger partial charge on any atom is -0.506 e. The van der Waals surface area contributed by atoms with E-state index in [1.165, 1.54) is 13.2 Å². The van der Waals surface area contributed by atoms with Crippen molar-refractivity contribution in [2.24, 2.45) is 0 Å². The van der Waals surface area contributed by atoms with Gasteiger partial charge in [-0.2, -0.15) is 0 Å². The van der Waals surface area contributed by atoms with E-state index in [2.05, 4.69) is 10.2 Å². The Morgan fingerprint density at radius 1 is 1.19 bits per heavy atom. The van der Waals surface area contributed by atoms with E-state index in [0.717, 1.165) is 25.9 Å². The molecule has 0 bridgehead atoms. The maximum atomic E-state index is 12.9. The molecule has 1 aromatic carbocycles. The Hall–Kier alpha value is -2.78. The summed E-state index contributed by atoms with van der Waals surface area (Å²) in [5.74, 6) is -0.919. The normalized spacial score (nSPS) is 28.1. The van der Waals surface area contributed by atoms with Crippen LogP contribution in [0.3, 0.4) is 0 Å². The number of aliphatic hydroxyl groups excluding tert-OH is 1. The van der Waals surface area contributed by atoms with Gasteiger partial charge in [0.1, 0.15) is 29.3 Å². The number of fused-ring (bicyclic) bond motifs is 1. The number of carbonyl (C=O) groups excluding carboxylic acids is 1. The van der Waals surface area contributed by atoms with Crippen LogP contribution in [0.4, 0.5) is 0 Å². The van der Waals surface area contributed by atoms with E-state index in [4.69, 9.17) is 32.8 Å². The number of hydrogen-bond donors (Lipinski definition) is 3. The topological polar surface area (TPSA) is 158 Å². The molecule has 1 unspecified atom stereocenters. The van der Waals surface area contributed by atoms with E-state index in [0.29, 0.717) is 44.9 Å². The van der Waals surface area contributed by atoms with Crippen molar-refractivity contribution in [3.8, 4) is 11.5 Å². The molecule has 3 fully saturated rings. The van der Waals surface area contributed by atoms with Crippen LogP contribution < -0.4 is 15.7 Å². The smallest absolute Gasteiger partial charge is 0.353 e. The van der Waals surface area contributed by atoms with E-state index in [1.807, 2.05) is 0 Å². The first-order chi connectivity index (χ1) is 20.6. The van der Waals surface area contributed by atoms with Crippen molar-refractivity contribution in [2.75, 3.05) is 53.1 Å². The lowest BCUT2D eigenvalue weighted by Crippen LogP contribution is -2.65. The number of ether oxygens (including phenoxy) is 6. The van der Waals surface area contributed by atoms with E-state index in [1.54, 1.807) is 26.8 Å². The Labute approximate surface area is 249 Å². The van der Waals surface area contributed by atoms with Crippen molar-refractivity contribution in [2.45, 2.75) is 76.5 Å². The van der Waals surface area contributed by atoms with Crippen LogP contribution in [0.15, 0.2) is 21.3 Å². The second-order valence-corrected chi connectivity index (χ2v) is 11.6. The molecule has 238 valence electrons. The van der Waals surface area contributed by atoms with Crippen LogP contribution in [0, 0.1) is 6.92 Å². The Morgan fingerprint density at radius 2 is 1.95 bits per heavy atom. The van der Waals surface area contributed by atoms with Crippen LogP contribution in [-0.2, 0) is 23.7 Å². The highest BCUT2D eigenvalue weighted by atomic mass is 16.7. The molecule has 2 aromatic rings. The second-order valence-electron chi connectivity index (χ2n) is 11.6. The summed E-state index contributed by atoms with van der Waals surface area (Å²) in [7, 11) is 1.50. The number of rotatable bonds is 9. The van der Waals surface area contributed by atoms with Gasteiger partial charge in [0.05, 0.1) is 24.2 Å². The molecule has 0 spiro atoms. The predicted octanol–water partition coefficient (Wildman–Crippen LogP) is 1.67. The fourth-order valence-electron chi connectivity index (χ4n) is 5.89. The molecule has 0 aliphatic carbocycles. The first kappa shape index (κ1) is 31.6. The molecule has 13 nitrogen and oxygen atoms in total. The van der Waals surface area contributed by atoms with Crippen molar-refractivity contribution < 1.29 is 47.8 Å². The molecular formula is C30H42N2O11. The average molecular weight is 607 g/mol. The van der Waals surface area contributed by atoms with Crippen LogP contribution in [0.25, 0.3) is 11.0 Å². The number of nitrogens with one attached hydrogen (secondary N) is 1. The van der Waals surface area contributed by atoms with Crippen molar-refractivity contribution in [3.63, 3.8) is 0 Å². The van der Waals surface area contributed by atoms with Gasteiger partial charge in [-0.3, -0.25) is 9.69 Å². The molecule has 1 amide bonds. The maximum absolute atomic E-state index is 12.9. The summed E-state index contributed by atoms with van der Waals surface area (Å²) in [4.78, 5) is 27.9. The fourth-order valence-corrected chi connectivity index (χ4v) is 5.89. The summed E-state index contributed by atoms with van der Waals surface area (Å²) in [6.07, 6.45) is -1.84. The van der Waals surface area contributed by atoms with Crippen LogP contribution >= 0.6 is 0 Å². The third-order valence-corrected chi connectivity index (χ3v) is 8.26. The van der Waals surface area contributed by atoms with Gasteiger partial charge in [-0.05, 0) is 52.2 Å². The molecule has 3 N–H and O–H groups in total. The molecule has 43 heavy (non-hydrogen) atoms. The van der Waals surface area contributed by atoms with E-state index in [9.17, 15) is 19.8 Å². The van der Waals surface area contributed by atoms with Gasteiger partial charge < -0.3 is 48.4 Å². The SMILES string of the molecule is CO[C@@H]1[C@@H](O)[C@@H](OC2CCCCO2)[C@H](Oc2ccc3c(O)c(C(=O)NCCN4CCOCC4)c(=O)oc3c2C)OC1(C)C. The molecule has 3 saturated heterocycles. The Morgan fingerprint density at radius 3 is 2.65 bits per heavy atom. The zero-order valence-corrected chi connectivity index (χ0v) is 25.1. The molecule has 4 heterocycles. The predicted molar refractivity (Wildman–Crippen MR) is 153 cm³/mol. The van der Waals surface area contributed by atoms with Gasteiger partial charge in [-0.1, -0.05) is 0 Å². The Kier molecular flexibility index (Phi) is 9.91. The molecule has 0 radical (unpaired) electrons.